The molecule has 0 aromatic carbocycles. The summed E-state index contributed by atoms with van der Waals surface area (Å²) in [4.78, 5) is 25.3. The van der Waals surface area contributed by atoms with Crippen LogP contribution < -0.4 is 5.32 Å². The van der Waals surface area contributed by atoms with Gasteiger partial charge < -0.3 is 24.8 Å². The summed E-state index contributed by atoms with van der Waals surface area (Å²) in [5.74, 6) is -1.58. The Bertz CT molecular complexity index is 350. The number of methoxy groups -OCH3 is 1. The third-order valence-electron chi connectivity index (χ3n) is 3.68. The Kier molecular flexibility index (Phi) is 7.45. The lowest BCUT2D eigenvalue weighted by atomic mass is 10.0. The molecule has 1 rings (SSSR count). The number of hydrogen-bond donors (Lipinski definition) is 2. The number of rotatable bonds is 8. The number of nitrogens with one attached hydrogen (secondary N) is 1. The van der Waals surface area contributed by atoms with E-state index in [0.29, 0.717) is 13.2 Å². The Labute approximate surface area is 125 Å². The van der Waals surface area contributed by atoms with Crippen LogP contribution in [0.1, 0.15) is 26.7 Å². The van der Waals surface area contributed by atoms with E-state index in [0.717, 1.165) is 12.8 Å². The minimum Gasteiger partial charge on any atom is -0.481 e. The second kappa shape index (κ2) is 8.84. The minimum atomic E-state index is -0.921. The molecule has 1 aliphatic rings. The molecule has 122 valence electrons. The van der Waals surface area contributed by atoms with Crippen molar-refractivity contribution >= 4 is 12.0 Å². The van der Waals surface area contributed by atoms with Gasteiger partial charge in [0.25, 0.3) is 0 Å². The summed E-state index contributed by atoms with van der Waals surface area (Å²) < 4.78 is 10.3. The Morgan fingerprint density at radius 3 is 2.67 bits per heavy atom. The van der Waals surface area contributed by atoms with Gasteiger partial charge in [-0.1, -0.05) is 13.8 Å². The molecule has 21 heavy (non-hydrogen) atoms. The number of aliphatic carboxylic acids is 1. The molecule has 3 unspecified atom stereocenters. The van der Waals surface area contributed by atoms with E-state index < -0.39 is 17.9 Å². The average Bonchev–Trinajstić information content (AvgIpc) is 2.93. The number of nitrogens with zero attached hydrogens (tertiary/aromatic N) is 1. The molecular weight excluding hydrogens is 276 g/mol. The summed E-state index contributed by atoms with van der Waals surface area (Å²) in [6.45, 7) is 5.29. The zero-order chi connectivity index (χ0) is 15.8. The van der Waals surface area contributed by atoms with Crippen LogP contribution in [0.25, 0.3) is 0 Å². The van der Waals surface area contributed by atoms with Crippen molar-refractivity contribution in [2.24, 2.45) is 5.92 Å². The van der Waals surface area contributed by atoms with Gasteiger partial charge in [0.2, 0.25) is 0 Å². The Balaban J connectivity index is 2.75. The molecule has 0 aliphatic carbocycles. The van der Waals surface area contributed by atoms with Crippen molar-refractivity contribution in [3.05, 3.63) is 0 Å². The minimum absolute atomic E-state index is 0.0764. The Morgan fingerprint density at radius 1 is 1.43 bits per heavy atom. The number of amides is 2. The zero-order valence-electron chi connectivity index (χ0n) is 13.0. The smallest absolute Gasteiger partial charge is 0.318 e. The first-order valence-corrected chi connectivity index (χ1v) is 7.41. The number of hydrogen-bond acceptors (Lipinski definition) is 4. The van der Waals surface area contributed by atoms with Gasteiger partial charge in [-0.3, -0.25) is 4.79 Å². The molecular formula is C14H26N2O5. The van der Waals surface area contributed by atoms with Crippen molar-refractivity contribution in [3.63, 3.8) is 0 Å². The Morgan fingerprint density at radius 2 is 2.14 bits per heavy atom. The molecule has 3 atom stereocenters. The van der Waals surface area contributed by atoms with Crippen molar-refractivity contribution in [3.8, 4) is 0 Å². The number of urea groups is 1. The standard InChI is InChI=1S/C14H26N2O5/c1-4-6-16(12-9-21-8-11(12)13(17)18)14(19)15-10(5-2)7-20-3/h10-12H,4-9H2,1-3H3,(H,15,19)(H,17,18). The third-order valence-corrected chi connectivity index (χ3v) is 3.68. The summed E-state index contributed by atoms with van der Waals surface area (Å²) in [6, 6.07) is -0.738. The van der Waals surface area contributed by atoms with Crippen LogP contribution in [0.2, 0.25) is 0 Å². The summed E-state index contributed by atoms with van der Waals surface area (Å²) in [6.07, 6.45) is 1.51. The molecule has 1 saturated heterocycles. The quantitative estimate of drug-likeness (QED) is 0.696. The number of carboxylic acid groups (broad SMARTS) is 1. The fourth-order valence-electron chi connectivity index (χ4n) is 2.47. The fourth-order valence-corrected chi connectivity index (χ4v) is 2.47. The van der Waals surface area contributed by atoms with Crippen LogP contribution in [0.4, 0.5) is 4.79 Å². The lowest BCUT2D eigenvalue weighted by Gasteiger charge is -2.31. The predicted molar refractivity (Wildman–Crippen MR) is 77.2 cm³/mol. The molecule has 0 aromatic heterocycles. The summed E-state index contributed by atoms with van der Waals surface area (Å²) in [7, 11) is 1.59. The second-order valence-electron chi connectivity index (χ2n) is 5.25. The van der Waals surface area contributed by atoms with Crippen molar-refractivity contribution in [2.75, 3.05) is 33.5 Å². The van der Waals surface area contributed by atoms with E-state index in [1.807, 2.05) is 13.8 Å². The van der Waals surface area contributed by atoms with E-state index in [2.05, 4.69) is 5.32 Å². The van der Waals surface area contributed by atoms with E-state index in [1.54, 1.807) is 12.0 Å². The van der Waals surface area contributed by atoms with Gasteiger partial charge in [-0.2, -0.15) is 0 Å². The van der Waals surface area contributed by atoms with Crippen LogP contribution in [0.15, 0.2) is 0 Å². The first-order valence-electron chi connectivity index (χ1n) is 7.41. The topological polar surface area (TPSA) is 88.1 Å². The van der Waals surface area contributed by atoms with E-state index in [1.165, 1.54) is 0 Å². The van der Waals surface area contributed by atoms with Crippen LogP contribution in [-0.2, 0) is 14.3 Å². The second-order valence-corrected chi connectivity index (χ2v) is 5.25. The largest absolute Gasteiger partial charge is 0.481 e. The first kappa shape index (κ1) is 17.7. The highest BCUT2D eigenvalue weighted by Crippen LogP contribution is 2.20. The molecule has 1 heterocycles. The SMILES string of the molecule is CCCN(C(=O)NC(CC)COC)C1COCC1C(=O)O. The number of carboxylic acids is 1. The zero-order valence-corrected chi connectivity index (χ0v) is 13.0. The Hall–Kier alpha value is -1.34. The van der Waals surface area contributed by atoms with Gasteiger partial charge in [-0.05, 0) is 12.8 Å². The molecule has 0 bridgehead atoms. The predicted octanol–water partition coefficient (Wildman–Crippen LogP) is 0.933. The van der Waals surface area contributed by atoms with Crippen LogP contribution in [0.3, 0.4) is 0 Å². The van der Waals surface area contributed by atoms with Gasteiger partial charge in [0, 0.05) is 13.7 Å². The maximum atomic E-state index is 12.4. The van der Waals surface area contributed by atoms with Gasteiger partial charge in [-0.15, -0.1) is 0 Å². The molecule has 2 N–H and O–H groups in total. The summed E-state index contributed by atoms with van der Waals surface area (Å²) in [5.41, 5.74) is 0. The third kappa shape index (κ3) is 4.86. The highest BCUT2D eigenvalue weighted by molar-refractivity contribution is 5.77. The highest BCUT2D eigenvalue weighted by Gasteiger charge is 2.40. The molecule has 2 amide bonds. The van der Waals surface area contributed by atoms with Gasteiger partial charge in [-0.25, -0.2) is 4.79 Å². The molecule has 1 aliphatic heterocycles. The van der Waals surface area contributed by atoms with Crippen molar-refractivity contribution in [1.82, 2.24) is 10.2 Å². The van der Waals surface area contributed by atoms with E-state index in [9.17, 15) is 14.7 Å². The fraction of sp³-hybridized carbons (Fsp3) is 0.857. The van der Waals surface area contributed by atoms with Crippen LogP contribution >= 0.6 is 0 Å². The molecule has 1 fully saturated rings. The van der Waals surface area contributed by atoms with E-state index in [4.69, 9.17) is 9.47 Å². The van der Waals surface area contributed by atoms with E-state index in [-0.39, 0.29) is 25.3 Å². The lowest BCUT2D eigenvalue weighted by Crippen LogP contribution is -2.53. The monoisotopic (exact) mass is 302 g/mol. The molecule has 0 spiro atoms. The van der Waals surface area contributed by atoms with Crippen LogP contribution in [0, 0.1) is 5.92 Å². The molecule has 7 nitrogen and oxygen atoms in total. The maximum Gasteiger partial charge on any atom is 0.318 e. The van der Waals surface area contributed by atoms with E-state index >= 15 is 0 Å². The van der Waals surface area contributed by atoms with Crippen LogP contribution in [0.5, 0.6) is 0 Å². The first-order chi connectivity index (χ1) is 10.0. The molecule has 0 aromatic rings. The molecule has 7 heteroatoms. The summed E-state index contributed by atoms with van der Waals surface area (Å²) in [5, 5.41) is 12.1. The van der Waals surface area contributed by atoms with Crippen molar-refractivity contribution < 1.29 is 24.2 Å². The summed E-state index contributed by atoms with van der Waals surface area (Å²) >= 11 is 0. The number of ether oxygens (including phenoxy) is 2. The van der Waals surface area contributed by atoms with Gasteiger partial charge in [0.15, 0.2) is 0 Å². The molecule has 0 radical (unpaired) electrons. The van der Waals surface area contributed by atoms with Gasteiger partial charge in [0.05, 0.1) is 31.9 Å². The normalized spacial score (nSPS) is 22.8. The van der Waals surface area contributed by atoms with Gasteiger partial charge >= 0.3 is 12.0 Å². The highest BCUT2D eigenvalue weighted by atomic mass is 16.5. The van der Waals surface area contributed by atoms with Crippen molar-refractivity contribution in [2.45, 2.75) is 38.8 Å². The van der Waals surface area contributed by atoms with Gasteiger partial charge in [0.1, 0.15) is 5.92 Å². The van der Waals surface area contributed by atoms with Crippen molar-refractivity contribution in [1.29, 1.82) is 0 Å². The number of carbonyl (C=O) groups excluding carboxylic acids is 1. The van der Waals surface area contributed by atoms with Crippen LogP contribution in [-0.4, -0.2) is 67.6 Å². The number of carbonyl (C=O) groups is 2. The average molecular weight is 302 g/mol. The molecule has 0 saturated carbocycles. The maximum absolute atomic E-state index is 12.4. The lowest BCUT2D eigenvalue weighted by molar-refractivity contribution is -0.142.